The third-order valence-corrected chi connectivity index (χ3v) is 5.26. The molecule has 1 N–H and O–H groups in total. The van der Waals surface area contributed by atoms with Gasteiger partial charge in [0, 0.05) is 18.8 Å². The van der Waals surface area contributed by atoms with Gasteiger partial charge in [0.25, 0.3) is 0 Å². The molecule has 28 heavy (non-hydrogen) atoms. The van der Waals surface area contributed by atoms with E-state index in [1.807, 2.05) is 57.2 Å². The zero-order valence-electron chi connectivity index (χ0n) is 18.4. The molecule has 6 heteroatoms. The van der Waals surface area contributed by atoms with E-state index in [0.29, 0.717) is 11.6 Å². The molecule has 0 saturated heterocycles. The maximum absolute atomic E-state index is 13.2. The topological polar surface area (TPSA) is 35.6 Å². The highest BCUT2D eigenvalue weighted by Crippen LogP contribution is 2.30. The maximum atomic E-state index is 13.2. The molecule has 0 unspecified atom stereocenters. The first kappa shape index (κ1) is 24.3. The number of hydrogen-bond acceptors (Lipinski definition) is 2. The SMILES string of the molecule is CCN(CC)CCN(C(=O)Nc1c(C)cccc1C)c1c(C)cccc1Cl.[Cl-].[H+]. The number of aryl methyl sites for hydroxylation is 3. The molecule has 2 amide bonds. The first-order valence-electron chi connectivity index (χ1n) is 9.51. The third kappa shape index (κ3) is 5.87. The lowest BCUT2D eigenvalue weighted by Crippen LogP contribution is -3.00. The Kier molecular flexibility index (Phi) is 9.80. The highest BCUT2D eigenvalue weighted by molar-refractivity contribution is 6.34. The number of nitrogens with zero attached hydrogens (tertiary/aromatic N) is 2. The average molecular weight is 424 g/mol. The van der Waals surface area contributed by atoms with Gasteiger partial charge in [-0.3, -0.25) is 4.90 Å². The number of amides is 2. The van der Waals surface area contributed by atoms with E-state index in [1.165, 1.54) is 0 Å². The fraction of sp³-hybridized carbons (Fsp3) is 0.409. The smallest absolute Gasteiger partial charge is 1.00 e. The van der Waals surface area contributed by atoms with Gasteiger partial charge < -0.3 is 22.6 Å². The molecule has 0 spiro atoms. The predicted octanol–water partition coefficient (Wildman–Crippen LogP) is 2.76. The van der Waals surface area contributed by atoms with Crippen LogP contribution in [-0.4, -0.2) is 37.1 Å². The summed E-state index contributed by atoms with van der Waals surface area (Å²) in [4.78, 5) is 17.3. The number of urea groups is 1. The molecule has 0 heterocycles. The van der Waals surface area contributed by atoms with Crippen molar-refractivity contribution in [1.29, 1.82) is 0 Å². The normalized spacial score (nSPS) is 10.5. The molecule has 2 aromatic carbocycles. The summed E-state index contributed by atoms with van der Waals surface area (Å²) in [5.74, 6) is 0. The monoisotopic (exact) mass is 423 g/mol. The lowest BCUT2D eigenvalue weighted by atomic mass is 10.1. The molecule has 0 aliphatic rings. The van der Waals surface area contributed by atoms with Gasteiger partial charge >= 0.3 is 7.46 Å². The molecule has 0 aliphatic heterocycles. The third-order valence-electron chi connectivity index (χ3n) is 4.95. The number of hydrogen-bond donors (Lipinski definition) is 1. The summed E-state index contributed by atoms with van der Waals surface area (Å²) in [5, 5.41) is 3.69. The molecule has 0 bridgehead atoms. The van der Waals surface area contributed by atoms with Gasteiger partial charge in [-0.15, -0.1) is 0 Å². The van der Waals surface area contributed by atoms with Crippen molar-refractivity contribution >= 4 is 29.0 Å². The standard InChI is InChI=1S/C22H30ClN3O.ClH/c1-6-25(7-2)14-15-26(21-18(5)12-9-13-19(21)23)22(27)24-20-16(3)10-8-11-17(20)4;/h8-13H,6-7,14-15H2,1-5H3,(H,24,27);1H. The van der Waals surface area contributed by atoms with Gasteiger partial charge in [0.05, 0.1) is 10.7 Å². The summed E-state index contributed by atoms with van der Waals surface area (Å²) < 4.78 is 0. The van der Waals surface area contributed by atoms with E-state index in [-0.39, 0.29) is 19.9 Å². The van der Waals surface area contributed by atoms with Crippen LogP contribution in [0.4, 0.5) is 16.2 Å². The number of likely N-dealkylation sites (N-methyl/N-ethyl adjacent to an activating group) is 1. The van der Waals surface area contributed by atoms with E-state index < -0.39 is 0 Å². The van der Waals surface area contributed by atoms with Crippen molar-refractivity contribution in [3.8, 4) is 0 Å². The van der Waals surface area contributed by atoms with E-state index in [4.69, 9.17) is 11.6 Å². The molecular weight excluding hydrogens is 393 g/mol. The van der Waals surface area contributed by atoms with Gasteiger partial charge in [0.2, 0.25) is 0 Å². The average Bonchev–Trinajstić information content (AvgIpc) is 2.63. The molecule has 0 aliphatic carbocycles. The van der Waals surface area contributed by atoms with Gasteiger partial charge in [0.15, 0.2) is 0 Å². The van der Waals surface area contributed by atoms with Crippen LogP contribution in [0.5, 0.6) is 0 Å². The Bertz CT molecular complexity index is 757. The Labute approximate surface area is 181 Å². The molecule has 0 aromatic heterocycles. The van der Waals surface area contributed by atoms with Crippen LogP contribution in [0, 0.1) is 20.8 Å². The molecule has 2 aromatic rings. The largest absolute Gasteiger partial charge is 1.00 e. The Hall–Kier alpha value is -1.75. The van der Waals surface area contributed by atoms with Crippen molar-refractivity contribution in [3.05, 3.63) is 58.1 Å². The van der Waals surface area contributed by atoms with Crippen molar-refractivity contribution in [1.82, 2.24) is 4.90 Å². The summed E-state index contributed by atoms with van der Waals surface area (Å²) in [6.45, 7) is 13.5. The minimum Gasteiger partial charge on any atom is -1.00 e. The van der Waals surface area contributed by atoms with Crippen molar-refractivity contribution in [3.63, 3.8) is 0 Å². The van der Waals surface area contributed by atoms with E-state index in [1.54, 1.807) is 4.90 Å². The van der Waals surface area contributed by atoms with Crippen LogP contribution in [0.1, 0.15) is 32.0 Å². The number of carbonyl (C=O) groups excluding carboxylic acids is 1. The Balaban J connectivity index is 0.00000392. The van der Waals surface area contributed by atoms with Crippen LogP contribution in [0.2, 0.25) is 5.02 Å². The minimum atomic E-state index is -0.157. The highest BCUT2D eigenvalue weighted by Gasteiger charge is 2.22. The van der Waals surface area contributed by atoms with Crippen molar-refractivity contribution < 1.29 is 18.6 Å². The highest BCUT2D eigenvalue weighted by atomic mass is 35.5. The van der Waals surface area contributed by atoms with Crippen molar-refractivity contribution in [2.45, 2.75) is 34.6 Å². The van der Waals surface area contributed by atoms with Crippen LogP contribution < -0.4 is 22.6 Å². The van der Waals surface area contributed by atoms with Crippen LogP contribution in [0.3, 0.4) is 0 Å². The van der Waals surface area contributed by atoms with Crippen LogP contribution in [0.25, 0.3) is 0 Å². The van der Waals surface area contributed by atoms with Gasteiger partial charge in [-0.1, -0.05) is 55.8 Å². The van der Waals surface area contributed by atoms with Crippen LogP contribution in [-0.2, 0) is 0 Å². The first-order chi connectivity index (χ1) is 12.9. The quantitative estimate of drug-likeness (QED) is 0.742. The van der Waals surface area contributed by atoms with Crippen molar-refractivity contribution in [2.24, 2.45) is 0 Å². The second-order valence-electron chi connectivity index (χ2n) is 6.78. The maximum Gasteiger partial charge on any atom is 1.00 e. The fourth-order valence-electron chi connectivity index (χ4n) is 3.25. The number of benzene rings is 2. The number of anilines is 2. The number of carbonyl (C=O) groups is 1. The molecule has 0 atom stereocenters. The van der Waals surface area contributed by atoms with Crippen LogP contribution >= 0.6 is 11.6 Å². The molecule has 0 fully saturated rings. The Morgan fingerprint density at radius 2 is 1.50 bits per heavy atom. The van der Waals surface area contributed by atoms with Crippen molar-refractivity contribution in [2.75, 3.05) is 36.4 Å². The van der Waals surface area contributed by atoms with E-state index >= 15 is 0 Å². The number of nitrogens with one attached hydrogen (secondary N) is 1. The lowest BCUT2D eigenvalue weighted by Gasteiger charge is -2.29. The zero-order valence-corrected chi connectivity index (χ0v) is 18.9. The molecule has 4 nitrogen and oxygen atoms in total. The molecule has 2 rings (SSSR count). The predicted molar refractivity (Wildman–Crippen MR) is 117 cm³/mol. The minimum absolute atomic E-state index is 0. The van der Waals surface area contributed by atoms with Gasteiger partial charge in [-0.05, 0) is 56.6 Å². The lowest BCUT2D eigenvalue weighted by molar-refractivity contribution is -0.00000854. The Morgan fingerprint density at radius 3 is 2.04 bits per heavy atom. The van der Waals surface area contributed by atoms with E-state index in [0.717, 1.165) is 47.7 Å². The number of rotatable bonds is 7. The second-order valence-corrected chi connectivity index (χ2v) is 7.19. The summed E-state index contributed by atoms with van der Waals surface area (Å²) in [5.41, 5.74) is 4.71. The molecule has 0 radical (unpaired) electrons. The summed E-state index contributed by atoms with van der Waals surface area (Å²) >= 11 is 6.48. The molecule has 0 saturated carbocycles. The summed E-state index contributed by atoms with van der Waals surface area (Å²) in [7, 11) is 0. The van der Waals surface area contributed by atoms with Crippen LogP contribution in [0.15, 0.2) is 36.4 Å². The number of para-hydroxylation sites is 2. The summed E-state index contributed by atoms with van der Waals surface area (Å²) in [6.07, 6.45) is 0. The van der Waals surface area contributed by atoms with Gasteiger partial charge in [-0.2, -0.15) is 0 Å². The van der Waals surface area contributed by atoms with E-state index in [9.17, 15) is 4.79 Å². The number of halogens is 2. The van der Waals surface area contributed by atoms with E-state index in [2.05, 4.69) is 24.1 Å². The fourth-order valence-corrected chi connectivity index (χ4v) is 3.57. The first-order valence-corrected chi connectivity index (χ1v) is 9.89. The molecular formula is C22H31Cl2N3O. The second kappa shape index (κ2) is 11.3. The summed E-state index contributed by atoms with van der Waals surface area (Å²) in [6, 6.07) is 11.6. The Morgan fingerprint density at radius 1 is 0.964 bits per heavy atom. The van der Waals surface area contributed by atoms with Gasteiger partial charge in [-0.25, -0.2) is 4.79 Å². The molecule has 154 valence electrons. The van der Waals surface area contributed by atoms with Gasteiger partial charge in [0.1, 0.15) is 0 Å². The zero-order chi connectivity index (χ0) is 20.0.